The Bertz CT molecular complexity index is 1030. The number of anilines is 1. The van der Waals surface area contributed by atoms with E-state index in [1.807, 2.05) is 18.3 Å². The first-order chi connectivity index (χ1) is 14.5. The molecule has 0 radical (unpaired) electrons. The minimum atomic E-state index is -0.0311. The summed E-state index contributed by atoms with van der Waals surface area (Å²) in [7, 11) is 1.74. The Hall–Kier alpha value is -2.70. The largest absolute Gasteiger partial charge is 0.383 e. The maximum absolute atomic E-state index is 5.82. The van der Waals surface area contributed by atoms with Crippen molar-refractivity contribution in [1.29, 1.82) is 0 Å². The molecule has 0 saturated carbocycles. The van der Waals surface area contributed by atoms with Crippen molar-refractivity contribution >= 4 is 23.0 Å². The number of aryl methyl sites for hydroxylation is 2. The second kappa shape index (κ2) is 8.58. The normalized spacial score (nSPS) is 18.7. The fraction of sp³-hybridized carbons (Fsp3) is 0.333. The third-order valence-corrected chi connectivity index (χ3v) is 6.18. The van der Waals surface area contributed by atoms with Gasteiger partial charge in [-0.1, -0.05) is 23.8 Å². The lowest BCUT2D eigenvalue weighted by Crippen LogP contribution is -2.29. The van der Waals surface area contributed by atoms with Gasteiger partial charge in [-0.05, 0) is 68.9 Å². The molecule has 0 unspecified atom stereocenters. The number of hydrogen-bond donors (Lipinski definition) is 1. The van der Waals surface area contributed by atoms with Crippen molar-refractivity contribution in [2.24, 2.45) is 0 Å². The summed E-state index contributed by atoms with van der Waals surface area (Å²) in [6, 6.07) is 16.8. The van der Waals surface area contributed by atoms with E-state index in [9.17, 15) is 0 Å². The van der Waals surface area contributed by atoms with E-state index < -0.39 is 0 Å². The van der Waals surface area contributed by atoms with Gasteiger partial charge in [-0.3, -0.25) is 4.98 Å². The highest BCUT2D eigenvalue weighted by atomic mass is 32.1. The first-order valence-corrected chi connectivity index (χ1v) is 10.6. The van der Waals surface area contributed by atoms with Crippen LogP contribution >= 0.6 is 12.2 Å². The number of aromatic nitrogens is 2. The summed E-state index contributed by atoms with van der Waals surface area (Å²) < 4.78 is 7.65. The monoisotopic (exact) mass is 420 g/mol. The fourth-order valence-electron chi connectivity index (χ4n) is 4.31. The molecule has 0 bridgehead atoms. The third-order valence-electron chi connectivity index (χ3n) is 5.86. The smallest absolute Gasteiger partial charge is 0.174 e. The Kier molecular flexibility index (Phi) is 5.88. The molecule has 2 atom stereocenters. The van der Waals surface area contributed by atoms with Gasteiger partial charge in [0, 0.05) is 36.9 Å². The second-order valence-corrected chi connectivity index (χ2v) is 8.19. The zero-order valence-electron chi connectivity index (χ0n) is 17.9. The maximum Gasteiger partial charge on any atom is 0.174 e. The van der Waals surface area contributed by atoms with Crippen molar-refractivity contribution in [3.05, 3.63) is 82.9 Å². The molecule has 1 N–H and O–H groups in total. The molecule has 1 aromatic carbocycles. The van der Waals surface area contributed by atoms with Gasteiger partial charge in [0.2, 0.25) is 0 Å². The lowest BCUT2D eigenvalue weighted by atomic mass is 9.96. The number of rotatable bonds is 6. The Labute approximate surface area is 183 Å². The predicted octanol–water partition coefficient (Wildman–Crippen LogP) is 4.63. The number of pyridine rings is 1. The number of thiocarbonyl (C=S) groups is 1. The summed E-state index contributed by atoms with van der Waals surface area (Å²) in [6.07, 6.45) is 1.84. The van der Waals surface area contributed by atoms with E-state index >= 15 is 0 Å². The molecule has 30 heavy (non-hydrogen) atoms. The van der Waals surface area contributed by atoms with Crippen molar-refractivity contribution in [2.75, 3.05) is 18.6 Å². The predicted molar refractivity (Wildman–Crippen MR) is 125 cm³/mol. The lowest BCUT2D eigenvalue weighted by Gasteiger charge is -2.28. The van der Waals surface area contributed by atoms with Crippen LogP contribution in [0, 0.1) is 20.8 Å². The Morgan fingerprint density at radius 2 is 1.87 bits per heavy atom. The molecule has 1 aliphatic heterocycles. The zero-order valence-corrected chi connectivity index (χ0v) is 18.7. The van der Waals surface area contributed by atoms with Crippen molar-refractivity contribution in [1.82, 2.24) is 14.9 Å². The van der Waals surface area contributed by atoms with Gasteiger partial charge in [0.15, 0.2) is 5.11 Å². The SMILES string of the molecule is COCCn1c(C)cc([C@@H]2[C@H](c3ccccn3)NC(=S)N2c2ccc(C)cc2)c1C. The molecule has 1 fully saturated rings. The summed E-state index contributed by atoms with van der Waals surface area (Å²) in [5.74, 6) is 0. The van der Waals surface area contributed by atoms with Crippen molar-refractivity contribution < 1.29 is 4.74 Å². The van der Waals surface area contributed by atoms with E-state index in [4.69, 9.17) is 17.0 Å². The van der Waals surface area contributed by atoms with Crippen LogP contribution in [0.5, 0.6) is 0 Å². The zero-order chi connectivity index (χ0) is 21.3. The third kappa shape index (κ3) is 3.73. The molecular formula is C24H28N4OS. The highest BCUT2D eigenvalue weighted by molar-refractivity contribution is 7.80. The molecule has 4 rings (SSSR count). The van der Waals surface area contributed by atoms with Crippen LogP contribution in [0.25, 0.3) is 0 Å². The molecule has 5 nitrogen and oxygen atoms in total. The lowest BCUT2D eigenvalue weighted by molar-refractivity contribution is 0.186. The first kappa shape index (κ1) is 20.6. The fourth-order valence-corrected chi connectivity index (χ4v) is 4.65. The van der Waals surface area contributed by atoms with Gasteiger partial charge in [-0.25, -0.2) is 0 Å². The van der Waals surface area contributed by atoms with E-state index in [1.54, 1.807) is 7.11 Å². The number of methoxy groups -OCH3 is 1. The topological polar surface area (TPSA) is 42.3 Å². The van der Waals surface area contributed by atoms with Gasteiger partial charge in [0.25, 0.3) is 0 Å². The number of hydrogen-bond acceptors (Lipinski definition) is 3. The quantitative estimate of drug-likeness (QED) is 0.589. The number of benzene rings is 1. The van der Waals surface area contributed by atoms with Gasteiger partial charge < -0.3 is 19.5 Å². The molecule has 0 spiro atoms. The van der Waals surface area contributed by atoms with Gasteiger partial charge in [-0.15, -0.1) is 0 Å². The molecule has 2 aromatic heterocycles. The van der Waals surface area contributed by atoms with Crippen LogP contribution < -0.4 is 10.2 Å². The average Bonchev–Trinajstić information content (AvgIpc) is 3.23. The molecule has 0 aliphatic carbocycles. The minimum absolute atomic E-state index is 0.0117. The molecule has 156 valence electrons. The van der Waals surface area contributed by atoms with Gasteiger partial charge >= 0.3 is 0 Å². The molecule has 6 heteroatoms. The highest BCUT2D eigenvalue weighted by Crippen LogP contribution is 2.43. The molecule has 1 aliphatic rings. The molecule has 3 heterocycles. The van der Waals surface area contributed by atoms with E-state index in [0.29, 0.717) is 6.61 Å². The van der Waals surface area contributed by atoms with Crippen LogP contribution in [0.15, 0.2) is 54.7 Å². The summed E-state index contributed by atoms with van der Waals surface area (Å²) >= 11 is 5.82. The van der Waals surface area contributed by atoms with Crippen molar-refractivity contribution in [2.45, 2.75) is 39.4 Å². The van der Waals surface area contributed by atoms with Crippen molar-refractivity contribution in [3.63, 3.8) is 0 Å². The van der Waals surface area contributed by atoms with Gasteiger partial charge in [0.05, 0.1) is 24.4 Å². The number of ether oxygens (including phenoxy) is 1. The Morgan fingerprint density at radius 3 is 2.53 bits per heavy atom. The Morgan fingerprint density at radius 1 is 1.10 bits per heavy atom. The van der Waals surface area contributed by atoms with E-state index in [-0.39, 0.29) is 12.1 Å². The highest BCUT2D eigenvalue weighted by Gasteiger charge is 2.42. The van der Waals surface area contributed by atoms with Crippen LogP contribution in [-0.2, 0) is 11.3 Å². The summed E-state index contributed by atoms with van der Waals surface area (Å²) in [5.41, 5.74) is 7.02. The van der Waals surface area contributed by atoms with Crippen LogP contribution in [0.2, 0.25) is 0 Å². The van der Waals surface area contributed by atoms with E-state index in [0.717, 1.165) is 23.0 Å². The first-order valence-electron chi connectivity index (χ1n) is 10.2. The van der Waals surface area contributed by atoms with E-state index in [2.05, 4.69) is 76.9 Å². The number of nitrogens with one attached hydrogen (secondary N) is 1. The van der Waals surface area contributed by atoms with Crippen molar-refractivity contribution in [3.8, 4) is 0 Å². The van der Waals surface area contributed by atoms with Crippen LogP contribution in [0.3, 0.4) is 0 Å². The van der Waals surface area contributed by atoms with Crippen LogP contribution in [0.4, 0.5) is 5.69 Å². The summed E-state index contributed by atoms with van der Waals surface area (Å²) in [5, 5.41) is 4.27. The van der Waals surface area contributed by atoms with Gasteiger partial charge in [0.1, 0.15) is 0 Å². The summed E-state index contributed by atoms with van der Waals surface area (Å²) in [6.45, 7) is 7.95. The standard InChI is InChI=1S/C24H28N4OS/c1-16-8-10-19(11-9-16)28-23(20-15-17(2)27(18(20)3)13-14-29-4)22(26-24(28)30)21-7-5-6-12-25-21/h5-12,15,22-23H,13-14H2,1-4H3,(H,26,30)/t22-,23+/m0/s1. The molecule has 0 amide bonds. The molecule has 1 saturated heterocycles. The van der Waals surface area contributed by atoms with Gasteiger partial charge in [-0.2, -0.15) is 0 Å². The molecule has 3 aromatic rings. The minimum Gasteiger partial charge on any atom is -0.383 e. The Balaban J connectivity index is 1.83. The second-order valence-electron chi connectivity index (χ2n) is 7.80. The van der Waals surface area contributed by atoms with Crippen LogP contribution in [-0.4, -0.2) is 28.4 Å². The maximum atomic E-state index is 5.82. The van der Waals surface area contributed by atoms with Crippen LogP contribution in [0.1, 0.15) is 40.3 Å². The molecular weight excluding hydrogens is 392 g/mol. The summed E-state index contributed by atoms with van der Waals surface area (Å²) in [4.78, 5) is 6.88. The number of nitrogens with zero attached hydrogens (tertiary/aromatic N) is 3. The van der Waals surface area contributed by atoms with E-state index in [1.165, 1.54) is 22.5 Å². The average molecular weight is 421 g/mol.